The van der Waals surface area contributed by atoms with Gasteiger partial charge >= 0.3 is 59.1 Å². The van der Waals surface area contributed by atoms with Gasteiger partial charge in [-0.2, -0.15) is 0 Å². The summed E-state index contributed by atoms with van der Waals surface area (Å²) in [4.78, 5) is 22.1. The fraction of sp³-hybridized carbons (Fsp3) is 0.667. The maximum absolute atomic E-state index is 11.1. The molecule has 0 amide bonds. The van der Waals surface area contributed by atoms with Crippen molar-refractivity contribution in [1.82, 2.24) is 0 Å². The van der Waals surface area contributed by atoms with Crippen LogP contribution >= 0.6 is 0 Å². The third-order valence-electron chi connectivity index (χ3n) is 3.07. The van der Waals surface area contributed by atoms with Gasteiger partial charge in [-0.05, 0) is 35.8 Å². The molecular formula is C12H16Na2O4. The number of aliphatic carboxylic acids is 2. The van der Waals surface area contributed by atoms with Crippen LogP contribution in [0.25, 0.3) is 0 Å². The molecule has 90 valence electrons. The van der Waals surface area contributed by atoms with Crippen LogP contribution < -0.4 is 69.3 Å². The first-order chi connectivity index (χ1) is 7.45. The molecule has 0 saturated heterocycles. The zero-order valence-corrected chi connectivity index (χ0v) is 15.6. The van der Waals surface area contributed by atoms with Crippen molar-refractivity contribution in [3.05, 3.63) is 11.1 Å². The predicted octanol–water partition coefficient (Wildman–Crippen LogP) is -6.36. The molecule has 1 saturated carbocycles. The fourth-order valence-corrected chi connectivity index (χ4v) is 2.37. The van der Waals surface area contributed by atoms with E-state index >= 15 is 0 Å². The van der Waals surface area contributed by atoms with E-state index in [9.17, 15) is 19.8 Å². The summed E-state index contributed by atoms with van der Waals surface area (Å²) in [6, 6.07) is 0. The maximum atomic E-state index is 11.1. The van der Waals surface area contributed by atoms with Gasteiger partial charge in [0.1, 0.15) is 0 Å². The van der Waals surface area contributed by atoms with Crippen molar-refractivity contribution < 1.29 is 78.9 Å². The molecule has 1 aliphatic carbocycles. The standard InChI is InChI=1S/C12H18O4.2Na/c1-7(2)9(11(13)14)10(12(15)16)8-5-3-4-6-8;;/h7-8H,3-6H2,1-2H3,(H,13,14)(H,15,16);;/q;2*+1/p-2. The number of hydrogen-bond acceptors (Lipinski definition) is 4. The minimum absolute atomic E-state index is 0. The van der Waals surface area contributed by atoms with Crippen molar-refractivity contribution in [3.8, 4) is 0 Å². The van der Waals surface area contributed by atoms with Gasteiger partial charge < -0.3 is 19.8 Å². The zero-order valence-electron chi connectivity index (χ0n) is 11.6. The van der Waals surface area contributed by atoms with Gasteiger partial charge in [-0.25, -0.2) is 0 Å². The molecule has 1 aliphatic rings. The van der Waals surface area contributed by atoms with Crippen LogP contribution in [0.15, 0.2) is 11.1 Å². The summed E-state index contributed by atoms with van der Waals surface area (Å²) in [5.74, 6) is -3.29. The molecule has 6 heteroatoms. The Labute approximate surface area is 152 Å². The van der Waals surface area contributed by atoms with Gasteiger partial charge in [0.05, 0.1) is 11.9 Å². The molecule has 0 aromatic carbocycles. The first kappa shape index (κ1) is 21.0. The van der Waals surface area contributed by atoms with E-state index in [1.807, 2.05) is 0 Å². The Morgan fingerprint density at radius 1 is 1.00 bits per heavy atom. The second kappa shape index (κ2) is 9.56. The molecule has 0 heterocycles. The van der Waals surface area contributed by atoms with Crippen LogP contribution in [-0.2, 0) is 9.59 Å². The topological polar surface area (TPSA) is 80.3 Å². The van der Waals surface area contributed by atoms with Crippen molar-refractivity contribution in [2.75, 3.05) is 0 Å². The number of carbonyl (C=O) groups is 2. The molecule has 0 aliphatic heterocycles. The first-order valence-corrected chi connectivity index (χ1v) is 5.62. The molecule has 0 N–H and O–H groups in total. The molecular weight excluding hydrogens is 254 g/mol. The SMILES string of the molecule is CC(C)C(C(=O)[O-])=C(C(=O)[O-])C1CCCC1.[Na+].[Na+]. The summed E-state index contributed by atoms with van der Waals surface area (Å²) >= 11 is 0. The summed E-state index contributed by atoms with van der Waals surface area (Å²) in [6.45, 7) is 3.31. The van der Waals surface area contributed by atoms with E-state index in [0.29, 0.717) is 0 Å². The molecule has 1 fully saturated rings. The summed E-state index contributed by atoms with van der Waals surface area (Å²) in [5.41, 5.74) is -0.153. The minimum atomic E-state index is -1.39. The van der Waals surface area contributed by atoms with E-state index in [1.54, 1.807) is 13.8 Å². The summed E-state index contributed by atoms with van der Waals surface area (Å²) in [6.07, 6.45) is 3.35. The van der Waals surface area contributed by atoms with Crippen LogP contribution in [0.5, 0.6) is 0 Å². The van der Waals surface area contributed by atoms with Gasteiger partial charge in [-0.3, -0.25) is 0 Å². The van der Waals surface area contributed by atoms with Crippen molar-refractivity contribution in [1.29, 1.82) is 0 Å². The maximum Gasteiger partial charge on any atom is 1.00 e. The largest absolute Gasteiger partial charge is 1.00 e. The first-order valence-electron chi connectivity index (χ1n) is 5.62. The van der Waals surface area contributed by atoms with Crippen LogP contribution in [0.3, 0.4) is 0 Å². The van der Waals surface area contributed by atoms with Crippen molar-refractivity contribution in [2.45, 2.75) is 39.5 Å². The molecule has 0 aromatic heterocycles. The average molecular weight is 270 g/mol. The van der Waals surface area contributed by atoms with Crippen LogP contribution in [0, 0.1) is 11.8 Å². The van der Waals surface area contributed by atoms with Crippen LogP contribution in [0.1, 0.15) is 39.5 Å². The Morgan fingerprint density at radius 3 is 1.72 bits per heavy atom. The average Bonchev–Trinajstić information content (AvgIpc) is 2.64. The predicted molar refractivity (Wildman–Crippen MR) is 53.8 cm³/mol. The van der Waals surface area contributed by atoms with Gasteiger partial charge in [0, 0.05) is 0 Å². The van der Waals surface area contributed by atoms with Crippen molar-refractivity contribution in [3.63, 3.8) is 0 Å². The number of carboxylic acids is 2. The number of hydrogen-bond donors (Lipinski definition) is 0. The van der Waals surface area contributed by atoms with Crippen molar-refractivity contribution >= 4 is 11.9 Å². The molecule has 0 spiro atoms. The second-order valence-electron chi connectivity index (χ2n) is 4.54. The van der Waals surface area contributed by atoms with E-state index in [2.05, 4.69) is 0 Å². The molecule has 0 radical (unpaired) electrons. The Hall–Kier alpha value is 0.680. The van der Waals surface area contributed by atoms with Gasteiger partial charge in [-0.15, -0.1) is 0 Å². The van der Waals surface area contributed by atoms with E-state index in [4.69, 9.17) is 0 Å². The number of carbonyl (C=O) groups excluding carboxylic acids is 2. The molecule has 0 aromatic rings. The van der Waals surface area contributed by atoms with Gasteiger partial charge in [0.2, 0.25) is 0 Å². The summed E-state index contributed by atoms with van der Waals surface area (Å²) < 4.78 is 0. The van der Waals surface area contributed by atoms with E-state index < -0.39 is 11.9 Å². The molecule has 1 rings (SSSR count). The normalized spacial score (nSPS) is 16.6. The molecule has 0 bridgehead atoms. The van der Waals surface area contributed by atoms with Crippen LogP contribution in [0.4, 0.5) is 0 Å². The quantitative estimate of drug-likeness (QED) is 0.376. The fourth-order valence-electron chi connectivity index (χ4n) is 2.37. The van der Waals surface area contributed by atoms with E-state index in [0.717, 1.165) is 25.7 Å². The van der Waals surface area contributed by atoms with Gasteiger partial charge in [0.15, 0.2) is 0 Å². The van der Waals surface area contributed by atoms with Crippen LogP contribution in [-0.4, -0.2) is 11.9 Å². The smallest absolute Gasteiger partial charge is 0.545 e. The van der Waals surface area contributed by atoms with Gasteiger partial charge in [-0.1, -0.05) is 26.7 Å². The molecule has 0 atom stereocenters. The van der Waals surface area contributed by atoms with E-state index in [1.165, 1.54) is 0 Å². The molecule has 0 unspecified atom stereocenters. The van der Waals surface area contributed by atoms with Gasteiger partial charge in [0.25, 0.3) is 0 Å². The Balaban J connectivity index is 0. The van der Waals surface area contributed by atoms with Crippen molar-refractivity contribution in [2.24, 2.45) is 11.8 Å². The monoisotopic (exact) mass is 270 g/mol. The Morgan fingerprint density at radius 2 is 1.44 bits per heavy atom. The minimum Gasteiger partial charge on any atom is -0.545 e. The summed E-state index contributed by atoms with van der Waals surface area (Å²) in [7, 11) is 0. The molecule has 18 heavy (non-hydrogen) atoms. The van der Waals surface area contributed by atoms with Crippen LogP contribution in [0.2, 0.25) is 0 Å². The number of rotatable bonds is 4. The zero-order chi connectivity index (χ0) is 12.3. The Kier molecular flexibility index (Phi) is 11.1. The number of carboxylic acid groups (broad SMARTS) is 2. The Bertz CT molecular complexity index is 331. The summed E-state index contributed by atoms with van der Waals surface area (Å²) in [5, 5.41) is 22.1. The second-order valence-corrected chi connectivity index (χ2v) is 4.54. The van der Waals surface area contributed by atoms with E-state index in [-0.39, 0.29) is 82.1 Å². The third kappa shape index (κ3) is 5.35. The molecule has 4 nitrogen and oxygen atoms in total. The third-order valence-corrected chi connectivity index (χ3v) is 3.07.